The van der Waals surface area contributed by atoms with Crippen molar-refractivity contribution in [2.24, 2.45) is 5.41 Å². The summed E-state index contributed by atoms with van der Waals surface area (Å²) in [5.74, 6) is 0. The predicted molar refractivity (Wildman–Crippen MR) is 104 cm³/mol. The van der Waals surface area contributed by atoms with Gasteiger partial charge in [0.05, 0.1) is 9.79 Å². The SMILES string of the molecule is CCN(CC)S(=O)(=O)c1ccc(S(=O)(=O)NCC(C)(C)CN(C)C)cc1. The molecule has 0 aliphatic rings. The molecule has 7 nitrogen and oxygen atoms in total. The lowest BCUT2D eigenvalue weighted by atomic mass is 9.93. The molecule has 0 amide bonds. The Kier molecular flexibility index (Phi) is 7.79. The lowest BCUT2D eigenvalue weighted by molar-refractivity contribution is 0.242. The van der Waals surface area contributed by atoms with Crippen molar-refractivity contribution in [3.8, 4) is 0 Å². The van der Waals surface area contributed by atoms with Crippen molar-refractivity contribution < 1.29 is 16.8 Å². The number of benzene rings is 1. The molecule has 1 aromatic rings. The number of hydrogen-bond acceptors (Lipinski definition) is 5. The molecule has 0 aliphatic heterocycles. The summed E-state index contributed by atoms with van der Waals surface area (Å²) in [5.41, 5.74) is -0.234. The molecule has 0 bridgehead atoms. The Morgan fingerprint density at radius 3 is 1.81 bits per heavy atom. The highest BCUT2D eigenvalue weighted by Gasteiger charge is 2.25. The maximum Gasteiger partial charge on any atom is 0.243 e. The largest absolute Gasteiger partial charge is 0.309 e. The van der Waals surface area contributed by atoms with Gasteiger partial charge in [-0.1, -0.05) is 27.7 Å². The zero-order valence-corrected chi connectivity index (χ0v) is 18.1. The molecular weight excluding hydrogens is 374 g/mol. The molecule has 0 radical (unpaired) electrons. The first-order valence-electron chi connectivity index (χ1n) is 8.60. The molecule has 0 unspecified atom stereocenters. The Bertz CT molecular complexity index is 782. The van der Waals surface area contributed by atoms with Gasteiger partial charge in [0.1, 0.15) is 0 Å². The van der Waals surface area contributed by atoms with Crippen LogP contribution in [-0.2, 0) is 20.0 Å². The highest BCUT2D eigenvalue weighted by atomic mass is 32.2. The van der Waals surface area contributed by atoms with E-state index in [9.17, 15) is 16.8 Å². The van der Waals surface area contributed by atoms with E-state index in [4.69, 9.17) is 0 Å². The number of rotatable bonds is 10. The molecule has 0 heterocycles. The summed E-state index contributed by atoms with van der Waals surface area (Å²) in [5, 5.41) is 0. The van der Waals surface area contributed by atoms with Gasteiger partial charge in [-0.3, -0.25) is 0 Å². The first-order valence-corrected chi connectivity index (χ1v) is 11.5. The van der Waals surface area contributed by atoms with E-state index in [-0.39, 0.29) is 21.8 Å². The second kappa shape index (κ2) is 8.79. The van der Waals surface area contributed by atoms with Crippen LogP contribution < -0.4 is 4.72 Å². The van der Waals surface area contributed by atoms with Crippen LogP contribution in [0.5, 0.6) is 0 Å². The minimum Gasteiger partial charge on any atom is -0.309 e. The molecule has 0 saturated carbocycles. The maximum absolute atomic E-state index is 12.5. The lowest BCUT2D eigenvalue weighted by Crippen LogP contribution is -2.39. The normalized spacial score (nSPS) is 13.5. The van der Waals surface area contributed by atoms with Gasteiger partial charge in [-0.25, -0.2) is 21.6 Å². The number of nitrogens with zero attached hydrogens (tertiary/aromatic N) is 2. The van der Waals surface area contributed by atoms with Crippen molar-refractivity contribution in [3.05, 3.63) is 24.3 Å². The van der Waals surface area contributed by atoms with Crippen LogP contribution in [-0.4, -0.2) is 66.3 Å². The molecule has 26 heavy (non-hydrogen) atoms. The Labute approximate surface area is 158 Å². The summed E-state index contributed by atoms with van der Waals surface area (Å²) < 4.78 is 53.9. The molecule has 9 heteroatoms. The molecule has 0 atom stereocenters. The van der Waals surface area contributed by atoms with Crippen molar-refractivity contribution in [1.82, 2.24) is 13.9 Å². The van der Waals surface area contributed by atoms with E-state index in [1.807, 2.05) is 32.8 Å². The standard InChI is InChI=1S/C17H31N3O4S2/c1-7-20(8-2)26(23,24)16-11-9-15(10-12-16)25(21,22)18-13-17(3,4)14-19(5)6/h9-12,18H,7-8,13-14H2,1-6H3. The predicted octanol–water partition coefficient (Wildman–Crippen LogP) is 1.58. The van der Waals surface area contributed by atoms with Gasteiger partial charge in [0.25, 0.3) is 0 Å². The minimum absolute atomic E-state index is 0.0525. The van der Waals surface area contributed by atoms with E-state index in [1.54, 1.807) is 13.8 Å². The van der Waals surface area contributed by atoms with Crippen LogP contribution in [0.1, 0.15) is 27.7 Å². The third-order valence-electron chi connectivity index (χ3n) is 3.96. The molecule has 0 aliphatic carbocycles. The lowest BCUT2D eigenvalue weighted by Gasteiger charge is -2.28. The van der Waals surface area contributed by atoms with Gasteiger partial charge in [-0.2, -0.15) is 4.31 Å². The third-order valence-corrected chi connectivity index (χ3v) is 7.44. The maximum atomic E-state index is 12.5. The molecule has 150 valence electrons. The highest BCUT2D eigenvalue weighted by Crippen LogP contribution is 2.20. The van der Waals surface area contributed by atoms with Crippen LogP contribution in [0.3, 0.4) is 0 Å². The minimum atomic E-state index is -3.70. The summed E-state index contributed by atoms with van der Waals surface area (Å²) in [7, 11) is -3.43. The fourth-order valence-electron chi connectivity index (χ4n) is 2.79. The number of nitrogens with one attached hydrogen (secondary N) is 1. The van der Waals surface area contributed by atoms with Gasteiger partial charge < -0.3 is 4.90 Å². The van der Waals surface area contributed by atoms with Crippen LogP contribution >= 0.6 is 0 Å². The molecule has 0 fully saturated rings. The Hall–Kier alpha value is -1.00. The van der Waals surface area contributed by atoms with E-state index in [1.165, 1.54) is 28.6 Å². The van der Waals surface area contributed by atoms with Gasteiger partial charge in [0.15, 0.2) is 0 Å². The van der Waals surface area contributed by atoms with Crippen molar-refractivity contribution in [3.63, 3.8) is 0 Å². The smallest absolute Gasteiger partial charge is 0.243 e. The molecular formula is C17H31N3O4S2. The van der Waals surface area contributed by atoms with Crippen LogP contribution in [0.15, 0.2) is 34.1 Å². The van der Waals surface area contributed by atoms with Crippen LogP contribution in [0.2, 0.25) is 0 Å². The summed E-state index contributed by atoms with van der Waals surface area (Å²) in [4.78, 5) is 2.14. The summed E-state index contributed by atoms with van der Waals surface area (Å²) in [6, 6.07) is 5.34. The molecule has 0 aromatic heterocycles. The van der Waals surface area contributed by atoms with Crippen molar-refractivity contribution in [2.75, 3.05) is 40.3 Å². The van der Waals surface area contributed by atoms with Gasteiger partial charge in [-0.15, -0.1) is 0 Å². The molecule has 1 aromatic carbocycles. The Balaban J connectivity index is 2.97. The van der Waals surface area contributed by atoms with Crippen molar-refractivity contribution in [2.45, 2.75) is 37.5 Å². The zero-order valence-electron chi connectivity index (χ0n) is 16.5. The van der Waals surface area contributed by atoms with E-state index in [2.05, 4.69) is 4.72 Å². The average molecular weight is 406 g/mol. The van der Waals surface area contributed by atoms with Gasteiger partial charge in [-0.05, 0) is 43.8 Å². The van der Waals surface area contributed by atoms with Crippen LogP contribution in [0, 0.1) is 5.41 Å². The third kappa shape index (κ3) is 6.02. The van der Waals surface area contributed by atoms with Crippen molar-refractivity contribution >= 4 is 20.0 Å². The molecule has 0 spiro atoms. The Morgan fingerprint density at radius 2 is 1.38 bits per heavy atom. The van der Waals surface area contributed by atoms with E-state index >= 15 is 0 Å². The van der Waals surface area contributed by atoms with Crippen LogP contribution in [0.4, 0.5) is 0 Å². The van der Waals surface area contributed by atoms with E-state index in [0.717, 1.165) is 6.54 Å². The second-order valence-corrected chi connectivity index (χ2v) is 11.0. The van der Waals surface area contributed by atoms with Gasteiger partial charge in [0, 0.05) is 26.2 Å². The van der Waals surface area contributed by atoms with Gasteiger partial charge in [0.2, 0.25) is 20.0 Å². The summed E-state index contributed by atoms with van der Waals surface area (Å²) in [6.45, 7) is 9.23. The van der Waals surface area contributed by atoms with E-state index < -0.39 is 20.0 Å². The summed E-state index contributed by atoms with van der Waals surface area (Å²) >= 11 is 0. The second-order valence-electron chi connectivity index (χ2n) is 7.29. The van der Waals surface area contributed by atoms with Crippen molar-refractivity contribution in [1.29, 1.82) is 0 Å². The topological polar surface area (TPSA) is 86.8 Å². The van der Waals surface area contributed by atoms with Crippen LogP contribution in [0.25, 0.3) is 0 Å². The van der Waals surface area contributed by atoms with E-state index in [0.29, 0.717) is 13.1 Å². The fourth-order valence-corrected chi connectivity index (χ4v) is 5.49. The number of hydrogen-bond donors (Lipinski definition) is 1. The van der Waals surface area contributed by atoms with Gasteiger partial charge >= 0.3 is 0 Å². The Morgan fingerprint density at radius 1 is 0.923 bits per heavy atom. The average Bonchev–Trinajstić information content (AvgIpc) is 2.53. The molecule has 1 rings (SSSR count). The number of sulfonamides is 2. The first kappa shape index (κ1) is 23.0. The molecule has 1 N–H and O–H groups in total. The highest BCUT2D eigenvalue weighted by molar-refractivity contribution is 7.89. The quantitative estimate of drug-likeness (QED) is 0.639. The fraction of sp³-hybridized carbons (Fsp3) is 0.647. The zero-order chi connectivity index (χ0) is 20.2. The monoisotopic (exact) mass is 405 g/mol. The molecule has 0 saturated heterocycles. The summed E-state index contributed by atoms with van der Waals surface area (Å²) in [6.07, 6.45) is 0. The first-order chi connectivity index (χ1) is 11.9.